The van der Waals surface area contributed by atoms with Gasteiger partial charge in [-0.05, 0) is 55.7 Å². The van der Waals surface area contributed by atoms with Gasteiger partial charge in [0.25, 0.3) is 0 Å². The topological polar surface area (TPSA) is 90.8 Å². The van der Waals surface area contributed by atoms with Gasteiger partial charge >= 0.3 is 0 Å². The number of nitrogens with zero attached hydrogens (tertiary/aromatic N) is 1. The summed E-state index contributed by atoms with van der Waals surface area (Å²) in [5.41, 5.74) is 1.22. The first-order valence-corrected chi connectivity index (χ1v) is 12.2. The fourth-order valence-corrected chi connectivity index (χ4v) is 4.47. The van der Waals surface area contributed by atoms with Crippen molar-refractivity contribution in [3.63, 3.8) is 0 Å². The quantitative estimate of drug-likeness (QED) is 0.431. The molecule has 3 N–H and O–H groups in total. The zero-order valence-corrected chi connectivity index (χ0v) is 18.0. The Morgan fingerprint density at radius 3 is 2.39 bits per heavy atom. The highest BCUT2D eigenvalue weighted by Crippen LogP contribution is 2.39. The molecule has 1 fully saturated rings. The van der Waals surface area contributed by atoms with Crippen molar-refractivity contribution in [2.75, 3.05) is 32.5 Å². The van der Waals surface area contributed by atoms with Gasteiger partial charge in [-0.25, -0.2) is 8.42 Å². The number of hydrogen-bond acceptors (Lipinski definition) is 4. The normalized spacial score (nSPS) is 17.3. The highest BCUT2D eigenvalue weighted by Gasteiger charge is 2.31. The van der Waals surface area contributed by atoms with Crippen molar-refractivity contribution in [3.8, 4) is 0 Å². The minimum absolute atomic E-state index is 0.136. The zero-order valence-electron chi connectivity index (χ0n) is 17.2. The van der Waals surface area contributed by atoms with E-state index in [4.69, 9.17) is 4.99 Å². The summed E-state index contributed by atoms with van der Waals surface area (Å²) >= 11 is 0. The number of aliphatic imine (C=N–C) groups is 1. The minimum atomic E-state index is -3.15. The van der Waals surface area contributed by atoms with Crippen LogP contribution in [0, 0.1) is 5.41 Å². The number of aliphatic hydroxyl groups excluding tert-OH is 1. The lowest BCUT2D eigenvalue weighted by molar-refractivity contribution is 0.137. The average molecular weight is 410 g/mol. The van der Waals surface area contributed by atoms with Crippen molar-refractivity contribution >= 4 is 15.8 Å². The Bertz CT molecular complexity index is 718. The molecule has 0 bridgehead atoms. The maximum absolute atomic E-state index is 11.5. The van der Waals surface area contributed by atoms with E-state index in [0.717, 1.165) is 56.8 Å². The van der Waals surface area contributed by atoms with Crippen LogP contribution in [0.1, 0.15) is 51.0 Å². The van der Waals surface area contributed by atoms with E-state index in [0.29, 0.717) is 4.90 Å². The number of nitrogens with one attached hydrogen (secondary N) is 2. The molecule has 1 saturated carbocycles. The van der Waals surface area contributed by atoms with E-state index in [9.17, 15) is 13.5 Å². The third-order valence-corrected chi connectivity index (χ3v) is 6.66. The van der Waals surface area contributed by atoms with Gasteiger partial charge in [-0.3, -0.25) is 4.99 Å². The van der Waals surface area contributed by atoms with Gasteiger partial charge in [-0.1, -0.05) is 31.4 Å². The summed E-state index contributed by atoms with van der Waals surface area (Å²) in [6.07, 6.45) is 8.85. The van der Waals surface area contributed by atoms with E-state index >= 15 is 0 Å². The second-order valence-electron chi connectivity index (χ2n) is 7.82. The average Bonchev–Trinajstić information content (AvgIpc) is 2.67. The Hall–Kier alpha value is -1.60. The molecule has 0 unspecified atom stereocenters. The Balaban J connectivity index is 1.91. The molecule has 1 aromatic rings. The van der Waals surface area contributed by atoms with Gasteiger partial charge in [-0.15, -0.1) is 0 Å². The van der Waals surface area contributed by atoms with Crippen LogP contribution in [0.15, 0.2) is 34.2 Å². The van der Waals surface area contributed by atoms with Crippen LogP contribution in [0.3, 0.4) is 0 Å². The highest BCUT2D eigenvalue weighted by atomic mass is 32.2. The van der Waals surface area contributed by atoms with E-state index in [-0.39, 0.29) is 12.0 Å². The summed E-state index contributed by atoms with van der Waals surface area (Å²) in [6.45, 7) is 4.53. The predicted octanol–water partition coefficient (Wildman–Crippen LogP) is 2.52. The summed E-state index contributed by atoms with van der Waals surface area (Å²) in [5.74, 6) is 0.804. The van der Waals surface area contributed by atoms with Crippen LogP contribution in [0.4, 0.5) is 0 Å². The number of rotatable bonds is 9. The molecule has 0 amide bonds. The highest BCUT2D eigenvalue weighted by molar-refractivity contribution is 7.90. The molecule has 1 aliphatic rings. The lowest BCUT2D eigenvalue weighted by Gasteiger charge is -2.35. The molecule has 0 aromatic heterocycles. The van der Waals surface area contributed by atoms with Crippen molar-refractivity contribution in [2.24, 2.45) is 10.4 Å². The monoisotopic (exact) mass is 409 g/mol. The Morgan fingerprint density at radius 1 is 1.14 bits per heavy atom. The number of hydrogen-bond donors (Lipinski definition) is 3. The standard InChI is InChI=1S/C21H35N3O3S/c1-3-22-20(24-17-21(14-16-25)12-5-4-6-13-21)23-15-11-18-7-9-19(10-8-18)28(2,26)27/h7-10,25H,3-6,11-17H2,1-2H3,(H2,22,23,24). The third-order valence-electron chi connectivity index (χ3n) is 5.53. The molecule has 2 rings (SSSR count). The van der Waals surface area contributed by atoms with Gasteiger partial charge in [0.05, 0.1) is 4.90 Å². The van der Waals surface area contributed by atoms with E-state index in [1.165, 1.54) is 25.5 Å². The molecule has 0 aliphatic heterocycles. The van der Waals surface area contributed by atoms with Gasteiger partial charge < -0.3 is 15.7 Å². The first-order valence-electron chi connectivity index (χ1n) is 10.3. The maximum atomic E-state index is 11.5. The lowest BCUT2D eigenvalue weighted by atomic mass is 9.72. The first-order chi connectivity index (χ1) is 13.4. The van der Waals surface area contributed by atoms with Crippen LogP contribution >= 0.6 is 0 Å². The number of guanidine groups is 1. The number of aliphatic hydroxyl groups is 1. The summed E-state index contributed by atoms with van der Waals surface area (Å²) in [4.78, 5) is 5.16. The van der Waals surface area contributed by atoms with E-state index in [1.54, 1.807) is 12.1 Å². The molecule has 1 aliphatic carbocycles. The van der Waals surface area contributed by atoms with Crippen molar-refractivity contribution in [1.29, 1.82) is 0 Å². The minimum Gasteiger partial charge on any atom is -0.396 e. The first kappa shape index (κ1) is 22.7. The summed E-state index contributed by atoms with van der Waals surface area (Å²) in [5, 5.41) is 16.1. The molecular weight excluding hydrogens is 374 g/mol. The van der Waals surface area contributed by atoms with Gasteiger partial charge in [0.2, 0.25) is 0 Å². The molecule has 158 valence electrons. The molecule has 0 atom stereocenters. The largest absolute Gasteiger partial charge is 0.396 e. The van der Waals surface area contributed by atoms with E-state index < -0.39 is 9.84 Å². The predicted molar refractivity (Wildman–Crippen MR) is 114 cm³/mol. The Labute approximate surface area is 169 Å². The van der Waals surface area contributed by atoms with Gasteiger partial charge in [0.15, 0.2) is 15.8 Å². The van der Waals surface area contributed by atoms with Crippen molar-refractivity contribution in [2.45, 2.75) is 56.8 Å². The molecule has 28 heavy (non-hydrogen) atoms. The zero-order chi connectivity index (χ0) is 20.5. The molecule has 0 spiro atoms. The third kappa shape index (κ3) is 7.09. The SMILES string of the molecule is CCNC(=NCC1(CCO)CCCCC1)NCCc1ccc(S(C)(=O)=O)cc1. The second-order valence-corrected chi connectivity index (χ2v) is 9.84. The summed E-state index contributed by atoms with van der Waals surface area (Å²) < 4.78 is 23.1. The molecule has 6 nitrogen and oxygen atoms in total. The lowest BCUT2D eigenvalue weighted by Crippen LogP contribution is -2.40. The number of benzene rings is 1. The van der Waals surface area contributed by atoms with Gasteiger partial charge in [0.1, 0.15) is 0 Å². The molecule has 0 saturated heterocycles. The van der Waals surface area contributed by atoms with Crippen LogP contribution in [0.2, 0.25) is 0 Å². The van der Waals surface area contributed by atoms with E-state index in [1.807, 2.05) is 19.1 Å². The van der Waals surface area contributed by atoms with Gasteiger partial charge in [-0.2, -0.15) is 0 Å². The molecule has 7 heteroatoms. The molecule has 0 radical (unpaired) electrons. The Morgan fingerprint density at radius 2 is 1.82 bits per heavy atom. The van der Waals surface area contributed by atoms with Crippen molar-refractivity contribution in [3.05, 3.63) is 29.8 Å². The molecule has 1 aromatic carbocycles. The van der Waals surface area contributed by atoms with Gasteiger partial charge in [0, 0.05) is 32.5 Å². The smallest absolute Gasteiger partial charge is 0.191 e. The second kappa shape index (κ2) is 10.8. The van der Waals surface area contributed by atoms with Crippen LogP contribution in [-0.2, 0) is 16.3 Å². The summed E-state index contributed by atoms with van der Waals surface area (Å²) in [6, 6.07) is 7.04. The number of sulfone groups is 1. The van der Waals surface area contributed by atoms with Crippen LogP contribution in [-0.4, -0.2) is 52.0 Å². The fraction of sp³-hybridized carbons (Fsp3) is 0.667. The fourth-order valence-electron chi connectivity index (χ4n) is 3.84. The molecule has 0 heterocycles. The summed E-state index contributed by atoms with van der Waals surface area (Å²) in [7, 11) is -3.15. The maximum Gasteiger partial charge on any atom is 0.191 e. The Kier molecular flexibility index (Phi) is 8.76. The van der Waals surface area contributed by atoms with E-state index in [2.05, 4.69) is 10.6 Å². The van der Waals surface area contributed by atoms with Crippen molar-refractivity contribution in [1.82, 2.24) is 10.6 Å². The van der Waals surface area contributed by atoms with Crippen LogP contribution < -0.4 is 10.6 Å². The molecular formula is C21H35N3O3S. The van der Waals surface area contributed by atoms with Crippen LogP contribution in [0.25, 0.3) is 0 Å². The van der Waals surface area contributed by atoms with Crippen molar-refractivity contribution < 1.29 is 13.5 Å². The van der Waals surface area contributed by atoms with Crippen LogP contribution in [0.5, 0.6) is 0 Å².